The number of likely N-dealkylation sites (tertiary alicyclic amines) is 1. The zero-order valence-electron chi connectivity index (χ0n) is 20.1. The Balaban J connectivity index is 1.29. The van der Waals surface area contributed by atoms with Crippen molar-refractivity contribution in [2.45, 2.75) is 37.3 Å². The first-order valence-electron chi connectivity index (χ1n) is 12.2. The van der Waals surface area contributed by atoms with Crippen LogP contribution in [-0.4, -0.2) is 54.1 Å². The molecule has 3 atom stereocenters. The van der Waals surface area contributed by atoms with Crippen molar-refractivity contribution in [1.82, 2.24) is 9.88 Å². The van der Waals surface area contributed by atoms with Crippen LogP contribution in [0.15, 0.2) is 59.6 Å². The van der Waals surface area contributed by atoms with E-state index in [4.69, 9.17) is 4.74 Å². The predicted octanol–water partition coefficient (Wildman–Crippen LogP) is 6.07. The highest BCUT2D eigenvalue weighted by atomic mass is 32.2. The minimum absolute atomic E-state index is 0.165. The van der Waals surface area contributed by atoms with E-state index in [-0.39, 0.29) is 12.5 Å². The average Bonchev–Trinajstić information content (AvgIpc) is 2.87. The molecular weight excluding hydrogens is 447 g/mol. The minimum atomic E-state index is -1.05. The molecule has 34 heavy (non-hydrogen) atoms. The molecule has 0 saturated carbocycles. The van der Waals surface area contributed by atoms with Gasteiger partial charge in [-0.2, -0.15) is 0 Å². The van der Waals surface area contributed by atoms with Crippen LogP contribution in [0.1, 0.15) is 36.6 Å². The number of aliphatic hydroxyl groups is 1. The predicted molar refractivity (Wildman–Crippen MR) is 138 cm³/mol. The second-order valence-electron chi connectivity index (χ2n) is 9.29. The number of thioether (sulfide) groups is 1. The smallest absolute Gasteiger partial charge is 0.126 e. The van der Waals surface area contributed by atoms with Crippen molar-refractivity contribution < 1.29 is 14.2 Å². The first-order valence-corrected chi connectivity index (χ1v) is 13.2. The molecule has 1 aliphatic rings. The SMILES string of the molecule is COc1ccc2nccc(C(F)CC[C@@H]3CCN(CCSc4cccc(C)c4)C[C@@H]3CO)c2c1. The van der Waals surface area contributed by atoms with Crippen LogP contribution in [-0.2, 0) is 0 Å². The van der Waals surface area contributed by atoms with Crippen molar-refractivity contribution in [2.75, 3.05) is 39.1 Å². The van der Waals surface area contributed by atoms with Gasteiger partial charge < -0.3 is 14.7 Å². The lowest BCUT2D eigenvalue weighted by Gasteiger charge is -2.38. The fourth-order valence-corrected chi connectivity index (χ4v) is 6.04. The third kappa shape index (κ3) is 6.29. The number of piperidine rings is 1. The van der Waals surface area contributed by atoms with Crippen LogP contribution >= 0.6 is 11.8 Å². The van der Waals surface area contributed by atoms with E-state index in [1.807, 2.05) is 30.0 Å². The first kappa shape index (κ1) is 25.0. The van der Waals surface area contributed by atoms with Gasteiger partial charge in [0.2, 0.25) is 0 Å². The number of rotatable bonds is 10. The summed E-state index contributed by atoms with van der Waals surface area (Å²) in [5.74, 6) is 2.31. The van der Waals surface area contributed by atoms with Gasteiger partial charge in [0.1, 0.15) is 11.9 Å². The molecule has 3 aromatic rings. The number of fused-ring (bicyclic) bond motifs is 1. The van der Waals surface area contributed by atoms with Crippen molar-refractivity contribution in [3.8, 4) is 5.75 Å². The summed E-state index contributed by atoms with van der Waals surface area (Å²) in [4.78, 5) is 8.13. The normalized spacial score (nSPS) is 19.9. The third-order valence-corrected chi connectivity index (χ3v) is 7.96. The molecule has 1 aromatic heterocycles. The van der Waals surface area contributed by atoms with E-state index >= 15 is 4.39 Å². The van der Waals surface area contributed by atoms with Crippen LogP contribution in [0, 0.1) is 18.8 Å². The molecule has 2 heterocycles. The van der Waals surface area contributed by atoms with Crippen molar-refractivity contribution >= 4 is 22.7 Å². The number of methoxy groups -OCH3 is 1. The molecule has 1 saturated heterocycles. The summed E-state index contributed by atoms with van der Waals surface area (Å²) in [6, 6.07) is 16.0. The molecule has 2 aromatic carbocycles. The molecule has 0 spiro atoms. The Bertz CT molecular complexity index is 1080. The Morgan fingerprint density at radius 2 is 2.09 bits per heavy atom. The molecule has 4 rings (SSSR count). The van der Waals surface area contributed by atoms with Crippen molar-refractivity contribution in [2.24, 2.45) is 11.8 Å². The molecule has 1 N–H and O–H groups in total. The van der Waals surface area contributed by atoms with Gasteiger partial charge in [-0.3, -0.25) is 4.98 Å². The maximum Gasteiger partial charge on any atom is 0.126 e. The van der Waals surface area contributed by atoms with Crippen LogP contribution < -0.4 is 4.74 Å². The number of nitrogens with zero attached hydrogens (tertiary/aromatic N) is 2. The number of aliphatic hydroxyl groups excluding tert-OH is 1. The van der Waals surface area contributed by atoms with Gasteiger partial charge in [-0.1, -0.05) is 17.7 Å². The van der Waals surface area contributed by atoms with Gasteiger partial charge in [-0.15, -0.1) is 11.8 Å². The quantitative estimate of drug-likeness (QED) is 0.356. The molecule has 4 nitrogen and oxygen atoms in total. The highest BCUT2D eigenvalue weighted by molar-refractivity contribution is 7.99. The lowest BCUT2D eigenvalue weighted by molar-refractivity contribution is 0.0672. The van der Waals surface area contributed by atoms with Gasteiger partial charge in [0, 0.05) is 41.9 Å². The fraction of sp³-hybridized carbons (Fsp3) is 0.464. The second-order valence-corrected chi connectivity index (χ2v) is 10.5. The molecule has 1 unspecified atom stereocenters. The maximum atomic E-state index is 15.4. The van der Waals surface area contributed by atoms with E-state index in [1.54, 1.807) is 19.4 Å². The van der Waals surface area contributed by atoms with E-state index in [9.17, 15) is 5.11 Å². The Labute approximate surface area is 206 Å². The molecule has 182 valence electrons. The van der Waals surface area contributed by atoms with Crippen molar-refractivity contribution in [1.29, 1.82) is 0 Å². The molecule has 0 radical (unpaired) electrons. The van der Waals surface area contributed by atoms with E-state index in [1.165, 1.54) is 10.5 Å². The van der Waals surface area contributed by atoms with Gasteiger partial charge in [-0.25, -0.2) is 4.39 Å². The summed E-state index contributed by atoms with van der Waals surface area (Å²) in [5.41, 5.74) is 2.75. The number of ether oxygens (including phenoxy) is 1. The van der Waals surface area contributed by atoms with Crippen LogP contribution in [0.5, 0.6) is 5.75 Å². The monoisotopic (exact) mass is 482 g/mol. The summed E-state index contributed by atoms with van der Waals surface area (Å²) in [5, 5.41) is 10.9. The lowest BCUT2D eigenvalue weighted by Crippen LogP contribution is -2.43. The van der Waals surface area contributed by atoms with Gasteiger partial charge in [-0.05, 0) is 86.5 Å². The van der Waals surface area contributed by atoms with Crippen LogP contribution in [0.3, 0.4) is 0 Å². The number of hydrogen-bond acceptors (Lipinski definition) is 5. The molecule has 6 heteroatoms. The number of alkyl halides is 1. The number of pyridine rings is 1. The Hall–Kier alpha value is -2.15. The van der Waals surface area contributed by atoms with Gasteiger partial charge in [0.15, 0.2) is 0 Å². The standard InChI is InChI=1S/C28H35FN2O2S/c1-20-4-3-5-24(16-20)34-15-14-31-13-11-21(22(18-31)19-32)6-8-27(29)25-10-12-30-28-9-7-23(33-2)17-26(25)28/h3-5,7,9-10,12,16-17,21-22,27,32H,6,8,11,13-15,18-19H2,1-2H3/t21-,22-,27?/m1/s1. The van der Waals surface area contributed by atoms with E-state index in [0.29, 0.717) is 23.7 Å². The molecule has 1 aliphatic heterocycles. The Morgan fingerprint density at radius 1 is 1.21 bits per heavy atom. The molecule has 0 bridgehead atoms. The Kier molecular flexibility index (Phi) is 8.81. The summed E-state index contributed by atoms with van der Waals surface area (Å²) in [6.45, 7) is 5.21. The van der Waals surface area contributed by atoms with Crippen molar-refractivity contribution in [3.63, 3.8) is 0 Å². The van der Waals surface area contributed by atoms with Gasteiger partial charge in [0.25, 0.3) is 0 Å². The summed E-state index contributed by atoms with van der Waals surface area (Å²) < 4.78 is 20.7. The zero-order chi connectivity index (χ0) is 23.9. The number of hydrogen-bond donors (Lipinski definition) is 1. The summed E-state index contributed by atoms with van der Waals surface area (Å²) in [6.07, 6.45) is 2.88. The van der Waals surface area contributed by atoms with E-state index < -0.39 is 6.17 Å². The molecule has 1 fully saturated rings. The van der Waals surface area contributed by atoms with E-state index in [0.717, 1.165) is 49.1 Å². The number of benzene rings is 2. The Morgan fingerprint density at radius 3 is 2.88 bits per heavy atom. The summed E-state index contributed by atoms with van der Waals surface area (Å²) in [7, 11) is 1.62. The number of aromatic nitrogens is 1. The topological polar surface area (TPSA) is 45.6 Å². The molecule has 0 amide bonds. The first-order chi connectivity index (χ1) is 16.6. The highest BCUT2D eigenvalue weighted by Crippen LogP contribution is 2.35. The highest BCUT2D eigenvalue weighted by Gasteiger charge is 2.29. The summed E-state index contributed by atoms with van der Waals surface area (Å²) >= 11 is 1.89. The zero-order valence-corrected chi connectivity index (χ0v) is 20.9. The largest absolute Gasteiger partial charge is 0.497 e. The van der Waals surface area contributed by atoms with Gasteiger partial charge in [0.05, 0.1) is 12.6 Å². The fourth-order valence-electron chi connectivity index (χ4n) is 5.01. The van der Waals surface area contributed by atoms with Gasteiger partial charge >= 0.3 is 0 Å². The minimum Gasteiger partial charge on any atom is -0.497 e. The maximum absolute atomic E-state index is 15.4. The lowest BCUT2D eigenvalue weighted by atomic mass is 9.81. The number of aryl methyl sites for hydroxylation is 1. The second kappa shape index (κ2) is 12.0. The number of halogens is 1. The van der Waals surface area contributed by atoms with E-state index in [2.05, 4.69) is 41.1 Å². The van der Waals surface area contributed by atoms with Crippen LogP contribution in [0.2, 0.25) is 0 Å². The van der Waals surface area contributed by atoms with Crippen molar-refractivity contribution in [3.05, 3.63) is 65.9 Å². The van der Waals surface area contributed by atoms with Crippen LogP contribution in [0.25, 0.3) is 10.9 Å². The average molecular weight is 483 g/mol. The molecule has 0 aliphatic carbocycles. The van der Waals surface area contributed by atoms with Crippen LogP contribution in [0.4, 0.5) is 4.39 Å². The molecular formula is C28H35FN2O2S. The third-order valence-electron chi connectivity index (χ3n) is 6.99.